The number of ketones is 1. The number of pyridine rings is 1. The van der Waals surface area contributed by atoms with Crippen LogP contribution in [0.25, 0.3) is 5.76 Å². The van der Waals surface area contributed by atoms with Crippen LogP contribution in [0.2, 0.25) is 0 Å². The van der Waals surface area contributed by atoms with E-state index in [1.165, 1.54) is 11.1 Å². The van der Waals surface area contributed by atoms with Gasteiger partial charge in [-0.05, 0) is 29.8 Å². The van der Waals surface area contributed by atoms with Gasteiger partial charge in [0.15, 0.2) is 0 Å². The van der Waals surface area contributed by atoms with Gasteiger partial charge in [-0.15, -0.1) is 0 Å². The maximum absolute atomic E-state index is 13.0. The van der Waals surface area contributed by atoms with Crippen molar-refractivity contribution in [3.63, 3.8) is 0 Å². The van der Waals surface area contributed by atoms with Crippen LogP contribution in [0.15, 0.2) is 84.7 Å². The molecule has 1 unspecified atom stereocenters. The lowest BCUT2D eigenvalue weighted by molar-refractivity contribution is -0.132. The third-order valence-electron chi connectivity index (χ3n) is 5.14. The highest BCUT2D eigenvalue weighted by Gasteiger charge is 2.47. The molecular formula is C24H21N3O3. The third-order valence-corrected chi connectivity index (χ3v) is 5.14. The lowest BCUT2D eigenvalue weighted by Crippen LogP contribution is -2.29. The molecule has 3 aromatic rings. The Bertz CT molecular complexity index is 1110. The van der Waals surface area contributed by atoms with Crippen LogP contribution in [-0.2, 0) is 9.59 Å². The molecule has 0 spiro atoms. The number of rotatable bonds is 4. The number of aromatic nitrogens is 1. The first-order valence-corrected chi connectivity index (χ1v) is 9.53. The minimum Gasteiger partial charge on any atom is -0.507 e. The van der Waals surface area contributed by atoms with Crippen molar-refractivity contribution >= 4 is 28.8 Å². The van der Waals surface area contributed by atoms with Crippen molar-refractivity contribution in [1.82, 2.24) is 4.98 Å². The fourth-order valence-corrected chi connectivity index (χ4v) is 3.62. The van der Waals surface area contributed by atoms with Crippen LogP contribution in [-0.4, -0.2) is 35.9 Å². The smallest absolute Gasteiger partial charge is 0.300 e. The van der Waals surface area contributed by atoms with Crippen LogP contribution in [0.3, 0.4) is 0 Å². The van der Waals surface area contributed by atoms with Gasteiger partial charge in [0, 0.05) is 31.5 Å². The predicted octanol–water partition coefficient (Wildman–Crippen LogP) is 3.77. The Morgan fingerprint density at radius 1 is 0.967 bits per heavy atom. The molecule has 0 radical (unpaired) electrons. The molecule has 2 aromatic carbocycles. The molecule has 1 fully saturated rings. The molecule has 1 atom stereocenters. The summed E-state index contributed by atoms with van der Waals surface area (Å²) in [7, 11) is 3.87. The van der Waals surface area contributed by atoms with E-state index >= 15 is 0 Å². The number of carbonyl (C=O) groups excluding carboxylic acids is 2. The van der Waals surface area contributed by atoms with Crippen LogP contribution in [0, 0.1) is 0 Å². The normalized spacial score (nSPS) is 17.9. The minimum atomic E-state index is -0.759. The number of anilines is 2. The molecule has 6 heteroatoms. The Kier molecular flexibility index (Phi) is 5.06. The van der Waals surface area contributed by atoms with E-state index in [-0.39, 0.29) is 11.3 Å². The molecule has 150 valence electrons. The molecule has 1 aliphatic heterocycles. The number of benzene rings is 2. The van der Waals surface area contributed by atoms with Gasteiger partial charge >= 0.3 is 0 Å². The average Bonchev–Trinajstić information content (AvgIpc) is 3.05. The zero-order chi connectivity index (χ0) is 21.3. The minimum absolute atomic E-state index is 0.0626. The lowest BCUT2D eigenvalue weighted by atomic mass is 9.95. The number of Topliss-reactive ketones (excluding diaryl/α,β-unsaturated/α-hetero) is 1. The summed E-state index contributed by atoms with van der Waals surface area (Å²) in [5.41, 5.74) is 2.75. The van der Waals surface area contributed by atoms with Crippen LogP contribution in [0.4, 0.5) is 11.4 Å². The van der Waals surface area contributed by atoms with Crippen molar-refractivity contribution in [2.75, 3.05) is 23.9 Å². The van der Waals surface area contributed by atoms with Gasteiger partial charge in [-0.25, -0.2) is 0 Å². The number of carbonyl (C=O) groups is 2. The number of aliphatic hydroxyl groups excluding tert-OH is 1. The van der Waals surface area contributed by atoms with Crippen LogP contribution >= 0.6 is 0 Å². The molecule has 0 bridgehead atoms. The zero-order valence-corrected chi connectivity index (χ0v) is 16.7. The topological polar surface area (TPSA) is 73.7 Å². The van der Waals surface area contributed by atoms with Crippen molar-refractivity contribution in [2.24, 2.45) is 0 Å². The van der Waals surface area contributed by atoms with Crippen molar-refractivity contribution in [3.05, 3.63) is 95.8 Å². The fraction of sp³-hybridized carbons (Fsp3) is 0.125. The molecular weight excluding hydrogens is 378 g/mol. The second-order valence-corrected chi connectivity index (χ2v) is 7.23. The Morgan fingerprint density at radius 2 is 1.67 bits per heavy atom. The molecule has 30 heavy (non-hydrogen) atoms. The summed E-state index contributed by atoms with van der Waals surface area (Å²) in [5, 5.41) is 11.0. The number of hydrogen-bond donors (Lipinski definition) is 1. The van der Waals surface area contributed by atoms with E-state index in [1.807, 2.05) is 49.3 Å². The standard InChI is InChI=1S/C24H21N3O3/c1-26(2)18-12-10-16(11-13-18)21-20(22(28)17-7-4-3-5-8-17)23(29)24(30)27(21)19-9-6-14-25-15-19/h3-15,21,28H,1-2H3/b22-20-. The van der Waals surface area contributed by atoms with Gasteiger partial charge in [0.05, 0.1) is 23.5 Å². The van der Waals surface area contributed by atoms with Gasteiger partial charge in [-0.3, -0.25) is 19.5 Å². The van der Waals surface area contributed by atoms with E-state index in [2.05, 4.69) is 4.98 Å². The number of nitrogens with zero attached hydrogens (tertiary/aromatic N) is 3. The highest BCUT2D eigenvalue weighted by atomic mass is 16.3. The van der Waals surface area contributed by atoms with Crippen molar-refractivity contribution in [1.29, 1.82) is 0 Å². The van der Waals surface area contributed by atoms with E-state index in [4.69, 9.17) is 0 Å². The summed E-state index contributed by atoms with van der Waals surface area (Å²) in [6.45, 7) is 0. The lowest BCUT2D eigenvalue weighted by Gasteiger charge is -2.25. The molecule has 1 saturated heterocycles. The van der Waals surface area contributed by atoms with E-state index in [9.17, 15) is 14.7 Å². The second kappa shape index (κ2) is 7.83. The molecule has 6 nitrogen and oxygen atoms in total. The molecule has 4 rings (SSSR count). The van der Waals surface area contributed by atoms with Crippen molar-refractivity contribution in [2.45, 2.75) is 6.04 Å². The SMILES string of the molecule is CN(C)c1ccc(C2/C(=C(/O)c3ccccc3)C(=O)C(=O)N2c2cccnc2)cc1. The second-order valence-electron chi connectivity index (χ2n) is 7.23. The largest absolute Gasteiger partial charge is 0.507 e. The summed E-state index contributed by atoms with van der Waals surface area (Å²) in [5.74, 6) is -1.61. The Morgan fingerprint density at radius 3 is 2.27 bits per heavy atom. The summed E-state index contributed by atoms with van der Waals surface area (Å²) >= 11 is 0. The summed E-state index contributed by atoms with van der Waals surface area (Å²) < 4.78 is 0. The highest BCUT2D eigenvalue weighted by molar-refractivity contribution is 6.51. The quantitative estimate of drug-likeness (QED) is 0.411. The van der Waals surface area contributed by atoms with E-state index < -0.39 is 17.7 Å². The first-order chi connectivity index (χ1) is 14.5. The third kappa shape index (κ3) is 3.33. The average molecular weight is 399 g/mol. The highest BCUT2D eigenvalue weighted by Crippen LogP contribution is 2.42. The van der Waals surface area contributed by atoms with Crippen LogP contribution in [0.5, 0.6) is 0 Å². The fourth-order valence-electron chi connectivity index (χ4n) is 3.62. The van der Waals surface area contributed by atoms with Crippen LogP contribution in [0.1, 0.15) is 17.2 Å². The molecule has 0 aliphatic carbocycles. The van der Waals surface area contributed by atoms with E-state index in [0.717, 1.165) is 11.3 Å². The number of aliphatic hydroxyl groups is 1. The zero-order valence-electron chi connectivity index (χ0n) is 16.7. The Hall–Kier alpha value is -3.93. The van der Waals surface area contributed by atoms with Crippen molar-refractivity contribution < 1.29 is 14.7 Å². The first kappa shape index (κ1) is 19.4. The monoisotopic (exact) mass is 399 g/mol. The predicted molar refractivity (Wildman–Crippen MR) is 116 cm³/mol. The Balaban J connectivity index is 1.92. The van der Waals surface area contributed by atoms with Gasteiger partial charge in [-0.1, -0.05) is 42.5 Å². The van der Waals surface area contributed by atoms with Gasteiger partial charge in [0.1, 0.15) is 5.76 Å². The Labute approximate surface area is 174 Å². The summed E-state index contributed by atoms with van der Waals surface area (Å²) in [4.78, 5) is 33.5. The van der Waals surface area contributed by atoms with Gasteiger partial charge < -0.3 is 10.0 Å². The molecule has 1 N–H and O–H groups in total. The van der Waals surface area contributed by atoms with Gasteiger partial charge in [0.25, 0.3) is 11.7 Å². The molecule has 1 aromatic heterocycles. The van der Waals surface area contributed by atoms with E-state index in [0.29, 0.717) is 11.3 Å². The molecule has 2 heterocycles. The number of hydrogen-bond acceptors (Lipinski definition) is 5. The first-order valence-electron chi connectivity index (χ1n) is 9.53. The molecule has 1 aliphatic rings. The molecule has 0 saturated carbocycles. The maximum Gasteiger partial charge on any atom is 0.300 e. The molecule has 1 amide bonds. The van der Waals surface area contributed by atoms with Crippen LogP contribution < -0.4 is 9.80 Å². The van der Waals surface area contributed by atoms with Gasteiger partial charge in [-0.2, -0.15) is 0 Å². The maximum atomic E-state index is 13.0. The van der Waals surface area contributed by atoms with E-state index in [1.54, 1.807) is 42.6 Å². The summed E-state index contributed by atoms with van der Waals surface area (Å²) in [6, 6.07) is 19.0. The van der Waals surface area contributed by atoms with Crippen molar-refractivity contribution in [3.8, 4) is 0 Å². The van der Waals surface area contributed by atoms with Gasteiger partial charge in [0.2, 0.25) is 0 Å². The summed E-state index contributed by atoms with van der Waals surface area (Å²) in [6.07, 6.45) is 3.14. The number of amides is 1.